The van der Waals surface area contributed by atoms with E-state index in [2.05, 4.69) is 9.78 Å². The SMILES string of the molecule is O=C(OO)c1ccc(-c2ccc(C(=O)OO)cc2)cc1. The predicted molar refractivity (Wildman–Crippen MR) is 68.0 cm³/mol. The lowest BCUT2D eigenvalue weighted by atomic mass is 10.0. The molecule has 0 bridgehead atoms. The first kappa shape index (κ1) is 13.7. The topological polar surface area (TPSA) is 93.1 Å². The fourth-order valence-corrected chi connectivity index (χ4v) is 1.70. The van der Waals surface area contributed by atoms with Crippen LogP contribution in [0.2, 0.25) is 0 Å². The van der Waals surface area contributed by atoms with Crippen LogP contribution >= 0.6 is 0 Å². The third kappa shape index (κ3) is 2.82. The zero-order valence-corrected chi connectivity index (χ0v) is 10.1. The van der Waals surface area contributed by atoms with Gasteiger partial charge in [-0.3, -0.25) is 9.78 Å². The van der Waals surface area contributed by atoms with Crippen LogP contribution < -0.4 is 0 Å². The van der Waals surface area contributed by atoms with E-state index in [4.69, 9.17) is 10.5 Å². The standard InChI is InChI=1S/C14H10O6/c15-13(19-17)11-5-1-9(2-6-11)10-3-7-12(8-4-10)14(16)20-18/h1-8,17-18H. The number of hydrogen-bond acceptors (Lipinski definition) is 6. The molecular formula is C14H10O6. The molecule has 2 N–H and O–H groups in total. The fraction of sp³-hybridized carbons (Fsp3) is 0. The maximum Gasteiger partial charge on any atom is 0.372 e. The molecule has 0 saturated carbocycles. The van der Waals surface area contributed by atoms with Crippen molar-refractivity contribution in [3.63, 3.8) is 0 Å². The van der Waals surface area contributed by atoms with Crippen molar-refractivity contribution in [1.82, 2.24) is 0 Å². The molecule has 0 unspecified atom stereocenters. The molecule has 0 amide bonds. The van der Waals surface area contributed by atoms with Gasteiger partial charge in [-0.25, -0.2) is 9.59 Å². The van der Waals surface area contributed by atoms with Gasteiger partial charge in [-0.05, 0) is 35.4 Å². The summed E-state index contributed by atoms with van der Waals surface area (Å²) in [4.78, 5) is 29.4. The summed E-state index contributed by atoms with van der Waals surface area (Å²) in [5, 5.41) is 16.5. The van der Waals surface area contributed by atoms with Gasteiger partial charge in [-0.2, -0.15) is 10.5 Å². The summed E-state index contributed by atoms with van der Waals surface area (Å²) in [5.74, 6) is -1.67. The second-order valence-corrected chi connectivity index (χ2v) is 3.91. The molecule has 0 spiro atoms. The van der Waals surface area contributed by atoms with Crippen molar-refractivity contribution in [3.8, 4) is 11.1 Å². The average Bonchev–Trinajstić information content (AvgIpc) is 2.53. The molecule has 0 aromatic heterocycles. The summed E-state index contributed by atoms with van der Waals surface area (Å²) >= 11 is 0. The van der Waals surface area contributed by atoms with Gasteiger partial charge in [0.1, 0.15) is 0 Å². The van der Waals surface area contributed by atoms with E-state index in [1.54, 1.807) is 24.3 Å². The molecule has 0 saturated heterocycles. The summed E-state index contributed by atoms with van der Waals surface area (Å²) < 4.78 is 0. The molecule has 0 aliphatic rings. The lowest BCUT2D eigenvalue weighted by Gasteiger charge is -2.04. The van der Waals surface area contributed by atoms with Crippen molar-refractivity contribution in [2.45, 2.75) is 0 Å². The third-order valence-corrected chi connectivity index (χ3v) is 2.74. The van der Waals surface area contributed by atoms with Gasteiger partial charge in [0.05, 0.1) is 11.1 Å². The van der Waals surface area contributed by atoms with E-state index in [9.17, 15) is 9.59 Å². The predicted octanol–water partition coefficient (Wildman–Crippen LogP) is 2.61. The minimum Gasteiger partial charge on any atom is -0.296 e. The van der Waals surface area contributed by atoms with Gasteiger partial charge in [0.25, 0.3) is 0 Å². The van der Waals surface area contributed by atoms with Crippen LogP contribution in [0.4, 0.5) is 0 Å². The molecular weight excluding hydrogens is 264 g/mol. The zero-order valence-electron chi connectivity index (χ0n) is 10.1. The molecule has 0 fully saturated rings. The lowest BCUT2D eigenvalue weighted by molar-refractivity contribution is -0.182. The Labute approximate surface area is 113 Å². The first-order valence-electron chi connectivity index (χ1n) is 5.57. The van der Waals surface area contributed by atoms with Crippen molar-refractivity contribution in [1.29, 1.82) is 0 Å². The highest BCUT2D eigenvalue weighted by Gasteiger charge is 2.08. The number of benzene rings is 2. The van der Waals surface area contributed by atoms with Crippen molar-refractivity contribution >= 4 is 11.9 Å². The Morgan fingerprint density at radius 2 is 0.950 bits per heavy atom. The van der Waals surface area contributed by atoms with Gasteiger partial charge in [-0.1, -0.05) is 24.3 Å². The van der Waals surface area contributed by atoms with Crippen LogP contribution in [0.15, 0.2) is 48.5 Å². The Morgan fingerprint density at radius 1 is 0.650 bits per heavy atom. The van der Waals surface area contributed by atoms with Crippen molar-refractivity contribution in [2.24, 2.45) is 0 Å². The molecule has 6 heteroatoms. The highest BCUT2D eigenvalue weighted by molar-refractivity contribution is 5.90. The molecule has 2 rings (SSSR count). The van der Waals surface area contributed by atoms with E-state index in [0.29, 0.717) is 0 Å². The molecule has 0 atom stereocenters. The molecule has 0 aliphatic heterocycles. The fourth-order valence-electron chi connectivity index (χ4n) is 1.70. The van der Waals surface area contributed by atoms with Crippen LogP contribution in [-0.2, 0) is 9.78 Å². The summed E-state index contributed by atoms with van der Waals surface area (Å²) in [6, 6.07) is 12.7. The van der Waals surface area contributed by atoms with Crippen LogP contribution in [0.25, 0.3) is 11.1 Å². The third-order valence-electron chi connectivity index (χ3n) is 2.74. The van der Waals surface area contributed by atoms with Crippen LogP contribution in [0.3, 0.4) is 0 Å². The van der Waals surface area contributed by atoms with Crippen LogP contribution in [-0.4, -0.2) is 22.5 Å². The molecule has 2 aromatic carbocycles. The number of rotatable bonds is 3. The molecule has 20 heavy (non-hydrogen) atoms. The smallest absolute Gasteiger partial charge is 0.296 e. The van der Waals surface area contributed by atoms with Gasteiger partial charge in [0.2, 0.25) is 0 Å². The summed E-state index contributed by atoms with van der Waals surface area (Å²) in [6.45, 7) is 0. The zero-order chi connectivity index (χ0) is 14.5. The van der Waals surface area contributed by atoms with Gasteiger partial charge in [-0.15, -0.1) is 0 Å². The Morgan fingerprint density at radius 3 is 1.20 bits per heavy atom. The van der Waals surface area contributed by atoms with E-state index < -0.39 is 11.9 Å². The minimum atomic E-state index is -0.836. The molecule has 0 heterocycles. The molecule has 2 aromatic rings. The highest BCUT2D eigenvalue weighted by atomic mass is 17.1. The lowest BCUT2D eigenvalue weighted by Crippen LogP contribution is -2.01. The van der Waals surface area contributed by atoms with E-state index in [1.165, 1.54) is 24.3 Å². The average molecular weight is 274 g/mol. The molecule has 102 valence electrons. The normalized spacial score (nSPS) is 9.90. The Kier molecular flexibility index (Phi) is 4.09. The number of hydrogen-bond donors (Lipinski definition) is 2. The first-order valence-corrected chi connectivity index (χ1v) is 5.57. The number of carbonyl (C=O) groups is 2. The van der Waals surface area contributed by atoms with Crippen LogP contribution in [0, 0.1) is 0 Å². The van der Waals surface area contributed by atoms with Crippen molar-refractivity contribution < 1.29 is 29.9 Å². The molecule has 0 aliphatic carbocycles. The van der Waals surface area contributed by atoms with Gasteiger partial charge < -0.3 is 0 Å². The van der Waals surface area contributed by atoms with E-state index in [0.717, 1.165) is 11.1 Å². The monoisotopic (exact) mass is 274 g/mol. The summed E-state index contributed by atoms with van der Waals surface area (Å²) in [7, 11) is 0. The van der Waals surface area contributed by atoms with E-state index >= 15 is 0 Å². The first-order chi connectivity index (χ1) is 9.65. The summed E-state index contributed by atoms with van der Waals surface area (Å²) in [5.41, 5.74) is 2.06. The quantitative estimate of drug-likeness (QED) is 0.660. The summed E-state index contributed by atoms with van der Waals surface area (Å²) in [6.07, 6.45) is 0. The van der Waals surface area contributed by atoms with E-state index in [-0.39, 0.29) is 11.1 Å². The number of carbonyl (C=O) groups excluding carboxylic acids is 2. The van der Waals surface area contributed by atoms with Crippen molar-refractivity contribution in [3.05, 3.63) is 59.7 Å². The van der Waals surface area contributed by atoms with Crippen molar-refractivity contribution in [2.75, 3.05) is 0 Å². The Balaban J connectivity index is 2.23. The van der Waals surface area contributed by atoms with Gasteiger partial charge in [0, 0.05) is 0 Å². The van der Waals surface area contributed by atoms with E-state index in [1.807, 2.05) is 0 Å². The second kappa shape index (κ2) is 5.96. The van der Waals surface area contributed by atoms with Gasteiger partial charge >= 0.3 is 11.9 Å². The Hall–Kier alpha value is -2.70. The largest absolute Gasteiger partial charge is 0.372 e. The maximum atomic E-state index is 11.1. The molecule has 0 radical (unpaired) electrons. The minimum absolute atomic E-state index is 0.219. The maximum absolute atomic E-state index is 11.1. The second-order valence-electron chi connectivity index (χ2n) is 3.91. The highest BCUT2D eigenvalue weighted by Crippen LogP contribution is 2.20. The molecule has 6 nitrogen and oxygen atoms in total. The van der Waals surface area contributed by atoms with Crippen LogP contribution in [0.1, 0.15) is 20.7 Å². The van der Waals surface area contributed by atoms with Gasteiger partial charge in [0.15, 0.2) is 0 Å². The Bertz CT molecular complexity index is 558. The van der Waals surface area contributed by atoms with Crippen LogP contribution in [0.5, 0.6) is 0 Å².